The van der Waals surface area contributed by atoms with Crippen molar-refractivity contribution in [3.05, 3.63) is 40.4 Å². The van der Waals surface area contributed by atoms with Crippen molar-refractivity contribution in [1.29, 1.82) is 0 Å². The van der Waals surface area contributed by atoms with Crippen molar-refractivity contribution in [1.82, 2.24) is 9.78 Å². The van der Waals surface area contributed by atoms with Crippen LogP contribution in [0.5, 0.6) is 0 Å². The number of benzene rings is 1. The van der Waals surface area contributed by atoms with Gasteiger partial charge in [0.1, 0.15) is 4.83 Å². The number of aromatic nitrogens is 2. The summed E-state index contributed by atoms with van der Waals surface area (Å²) in [6.07, 6.45) is 5.82. The Morgan fingerprint density at radius 1 is 1.06 bits per heavy atom. The zero-order valence-electron chi connectivity index (χ0n) is 20.2. The molecule has 1 aliphatic heterocycles. The Bertz CT molecular complexity index is 1320. The van der Waals surface area contributed by atoms with Crippen molar-refractivity contribution < 1.29 is 24.6 Å². The van der Waals surface area contributed by atoms with Crippen molar-refractivity contribution in [2.75, 3.05) is 23.3 Å². The summed E-state index contributed by atoms with van der Waals surface area (Å²) in [4.78, 5) is 41.2. The number of aliphatic hydroxyl groups excluding tert-OH is 1. The minimum atomic E-state index is -1.08. The summed E-state index contributed by atoms with van der Waals surface area (Å²) < 4.78 is 1.47. The van der Waals surface area contributed by atoms with Crippen LogP contribution in [-0.4, -0.2) is 57.0 Å². The standard InChI is InChI=1S/C26H30N4O5S/c1-15-19-14-22(36-25(19)30(28-15)24(33)16-5-3-2-4-6-16)23(32)27-17-7-8-21(20(13-17)26(34)35)29-11-9-18(31)10-12-29/h7-8,13-14,16,18,31H,2-6,9-12H2,1H3,(H,27,32)(H,34,35). The molecule has 190 valence electrons. The second-order valence-corrected chi connectivity index (χ2v) is 10.7. The van der Waals surface area contributed by atoms with Crippen molar-refractivity contribution in [3.63, 3.8) is 0 Å². The number of nitrogens with one attached hydrogen (secondary N) is 1. The van der Waals surface area contributed by atoms with E-state index in [0.717, 1.165) is 37.5 Å². The van der Waals surface area contributed by atoms with E-state index in [1.165, 1.54) is 22.1 Å². The minimum Gasteiger partial charge on any atom is -0.478 e. The quantitative estimate of drug-likeness (QED) is 0.460. The maximum Gasteiger partial charge on any atom is 0.337 e. The summed E-state index contributed by atoms with van der Waals surface area (Å²) >= 11 is 1.22. The number of aromatic carboxylic acids is 1. The predicted octanol–water partition coefficient (Wildman–Crippen LogP) is 4.54. The summed E-state index contributed by atoms with van der Waals surface area (Å²) in [5.41, 5.74) is 1.76. The highest BCUT2D eigenvalue weighted by molar-refractivity contribution is 7.20. The second-order valence-electron chi connectivity index (χ2n) is 9.71. The molecule has 2 aromatic heterocycles. The first-order valence-electron chi connectivity index (χ1n) is 12.5. The highest BCUT2D eigenvalue weighted by atomic mass is 32.1. The van der Waals surface area contributed by atoms with Gasteiger partial charge in [0.15, 0.2) is 0 Å². The van der Waals surface area contributed by atoms with Gasteiger partial charge in [-0.05, 0) is 56.9 Å². The van der Waals surface area contributed by atoms with Gasteiger partial charge in [-0.15, -0.1) is 11.3 Å². The van der Waals surface area contributed by atoms with Crippen LogP contribution in [0.25, 0.3) is 10.2 Å². The molecule has 0 atom stereocenters. The molecule has 9 nitrogen and oxygen atoms in total. The summed E-state index contributed by atoms with van der Waals surface area (Å²) in [6.45, 7) is 2.98. The number of aliphatic hydroxyl groups is 1. The van der Waals surface area contributed by atoms with Crippen molar-refractivity contribution in [2.45, 2.75) is 58.0 Å². The minimum absolute atomic E-state index is 0.00599. The lowest BCUT2D eigenvalue weighted by molar-refractivity contribution is 0.0696. The van der Waals surface area contributed by atoms with E-state index in [2.05, 4.69) is 10.4 Å². The molecule has 3 heterocycles. The number of fused-ring (bicyclic) bond motifs is 1. The van der Waals surface area contributed by atoms with E-state index >= 15 is 0 Å². The first kappa shape index (κ1) is 24.5. The molecule has 1 amide bonds. The first-order chi connectivity index (χ1) is 17.3. The van der Waals surface area contributed by atoms with Crippen molar-refractivity contribution in [3.8, 4) is 0 Å². The molecule has 3 aromatic rings. The Kier molecular flexibility index (Phi) is 6.81. The van der Waals surface area contributed by atoms with Crippen LogP contribution in [0.2, 0.25) is 0 Å². The van der Waals surface area contributed by atoms with Gasteiger partial charge in [-0.3, -0.25) is 9.59 Å². The molecule has 0 bridgehead atoms. The van der Waals surface area contributed by atoms with Gasteiger partial charge in [-0.25, -0.2) is 4.79 Å². The van der Waals surface area contributed by atoms with Gasteiger partial charge < -0.3 is 20.4 Å². The SMILES string of the molecule is Cc1nn(C(=O)C2CCCCC2)c2sc(C(=O)Nc3ccc(N4CCC(O)CC4)c(C(=O)O)c3)cc12. The van der Waals surface area contributed by atoms with Crippen molar-refractivity contribution >= 4 is 50.7 Å². The molecule has 1 saturated carbocycles. The summed E-state index contributed by atoms with van der Waals surface area (Å²) in [7, 11) is 0. The predicted molar refractivity (Wildman–Crippen MR) is 138 cm³/mol. The van der Waals surface area contributed by atoms with Crippen LogP contribution in [0.15, 0.2) is 24.3 Å². The molecule has 1 aromatic carbocycles. The van der Waals surface area contributed by atoms with Gasteiger partial charge in [0.25, 0.3) is 11.8 Å². The van der Waals surface area contributed by atoms with E-state index in [1.54, 1.807) is 18.2 Å². The van der Waals surface area contributed by atoms with E-state index in [-0.39, 0.29) is 29.4 Å². The third kappa shape index (κ3) is 4.75. The Balaban J connectivity index is 1.37. The lowest BCUT2D eigenvalue weighted by Gasteiger charge is -2.32. The van der Waals surface area contributed by atoms with Crippen LogP contribution in [-0.2, 0) is 0 Å². The highest BCUT2D eigenvalue weighted by Gasteiger charge is 2.27. The third-order valence-corrected chi connectivity index (χ3v) is 8.33. The second kappa shape index (κ2) is 10.0. The average molecular weight is 511 g/mol. The maximum absolute atomic E-state index is 13.1. The summed E-state index contributed by atoms with van der Waals surface area (Å²) in [5, 5.41) is 27.6. The fraction of sp³-hybridized carbons (Fsp3) is 0.462. The van der Waals surface area contributed by atoms with Gasteiger partial charge in [-0.2, -0.15) is 9.78 Å². The molecule has 1 saturated heterocycles. The molecular weight excluding hydrogens is 480 g/mol. The van der Waals surface area contributed by atoms with E-state index < -0.39 is 5.97 Å². The van der Waals surface area contributed by atoms with Crippen LogP contribution >= 0.6 is 11.3 Å². The lowest BCUT2D eigenvalue weighted by atomic mass is 9.89. The number of nitrogens with zero attached hydrogens (tertiary/aromatic N) is 3. The number of aryl methyl sites for hydroxylation is 1. The fourth-order valence-corrected chi connectivity index (χ4v) is 6.25. The molecular formula is C26H30N4O5S. The van der Waals surface area contributed by atoms with E-state index in [1.807, 2.05) is 11.8 Å². The molecule has 2 fully saturated rings. The Labute approximate surface area is 212 Å². The van der Waals surface area contributed by atoms with Crippen LogP contribution in [0.3, 0.4) is 0 Å². The van der Waals surface area contributed by atoms with Gasteiger partial charge in [0, 0.05) is 30.1 Å². The number of carboxylic acids is 1. The van der Waals surface area contributed by atoms with E-state index in [4.69, 9.17) is 0 Å². The zero-order valence-corrected chi connectivity index (χ0v) is 21.0. The molecule has 10 heteroatoms. The Hall–Kier alpha value is -3.24. The first-order valence-corrected chi connectivity index (χ1v) is 13.3. The van der Waals surface area contributed by atoms with Crippen LogP contribution < -0.4 is 10.2 Å². The number of carboxylic acid groups (broad SMARTS) is 1. The smallest absolute Gasteiger partial charge is 0.337 e. The Morgan fingerprint density at radius 2 is 1.78 bits per heavy atom. The lowest BCUT2D eigenvalue weighted by Crippen LogP contribution is -2.36. The van der Waals surface area contributed by atoms with Crippen LogP contribution in [0.1, 0.15) is 75.5 Å². The maximum atomic E-state index is 13.1. The number of rotatable bonds is 5. The largest absolute Gasteiger partial charge is 0.478 e. The topological polar surface area (TPSA) is 125 Å². The molecule has 0 spiro atoms. The monoisotopic (exact) mass is 510 g/mol. The number of thiophene rings is 1. The molecule has 0 radical (unpaired) electrons. The van der Waals surface area contributed by atoms with Crippen LogP contribution in [0, 0.1) is 12.8 Å². The van der Waals surface area contributed by atoms with Crippen LogP contribution in [0.4, 0.5) is 11.4 Å². The number of amides is 1. The van der Waals surface area contributed by atoms with Crippen molar-refractivity contribution in [2.24, 2.45) is 5.92 Å². The van der Waals surface area contributed by atoms with Gasteiger partial charge in [0.05, 0.1) is 27.9 Å². The normalized spacial score (nSPS) is 17.4. The number of anilines is 2. The number of carbonyl (C=O) groups is 3. The molecule has 1 aliphatic carbocycles. The molecule has 2 aliphatic rings. The molecule has 3 N–H and O–H groups in total. The summed E-state index contributed by atoms with van der Waals surface area (Å²) in [6, 6.07) is 6.60. The number of hydrogen-bond donors (Lipinski definition) is 3. The highest BCUT2D eigenvalue weighted by Crippen LogP contribution is 2.33. The average Bonchev–Trinajstić information content (AvgIpc) is 3.45. The zero-order chi connectivity index (χ0) is 25.4. The van der Waals surface area contributed by atoms with Gasteiger partial charge in [0.2, 0.25) is 0 Å². The van der Waals surface area contributed by atoms with Gasteiger partial charge >= 0.3 is 5.97 Å². The number of piperidine rings is 1. The number of carbonyl (C=O) groups excluding carboxylic acids is 2. The van der Waals surface area contributed by atoms with E-state index in [0.29, 0.717) is 52.7 Å². The van der Waals surface area contributed by atoms with Gasteiger partial charge in [-0.1, -0.05) is 19.3 Å². The van der Waals surface area contributed by atoms with E-state index in [9.17, 15) is 24.6 Å². The Morgan fingerprint density at radius 3 is 2.47 bits per heavy atom. The molecule has 0 unspecified atom stereocenters. The third-order valence-electron chi connectivity index (χ3n) is 7.22. The summed E-state index contributed by atoms with van der Waals surface area (Å²) in [5.74, 6) is -1.48. The molecule has 5 rings (SSSR count). The number of hydrogen-bond acceptors (Lipinski definition) is 7. The molecule has 36 heavy (non-hydrogen) atoms. The fourth-order valence-electron chi connectivity index (χ4n) is 5.19.